The van der Waals surface area contributed by atoms with Crippen molar-refractivity contribution in [2.24, 2.45) is 0 Å². The lowest BCUT2D eigenvalue weighted by Gasteiger charge is -2.29. The molecule has 0 spiro atoms. The van der Waals surface area contributed by atoms with Crippen LogP contribution in [0.5, 0.6) is 0 Å². The Bertz CT molecular complexity index is 594. The monoisotopic (exact) mass is 250 g/mol. The molecule has 1 heterocycles. The summed E-state index contributed by atoms with van der Waals surface area (Å²) in [4.78, 5) is 0. The summed E-state index contributed by atoms with van der Waals surface area (Å²) in [5.41, 5.74) is 6.97. The standard InChI is InChI=1S/C17H18Si/c1-18(2)13-16(14-8-4-3-5-9-14)12-15-10-6-7-11-17(15)18/h3-11,13H,12H2,1-2H3. The van der Waals surface area contributed by atoms with E-state index in [9.17, 15) is 0 Å². The average molecular weight is 250 g/mol. The minimum Gasteiger partial charge on any atom is -0.0861 e. The number of rotatable bonds is 1. The maximum Gasteiger partial charge on any atom is 0.104 e. The molecule has 0 bridgehead atoms. The fourth-order valence-corrected chi connectivity index (χ4v) is 5.73. The molecule has 0 atom stereocenters. The maximum absolute atomic E-state index is 2.56. The molecule has 1 aliphatic heterocycles. The van der Waals surface area contributed by atoms with Gasteiger partial charge in [-0.15, -0.1) is 0 Å². The van der Waals surface area contributed by atoms with Crippen LogP contribution in [0.2, 0.25) is 13.1 Å². The van der Waals surface area contributed by atoms with E-state index in [0.29, 0.717) is 0 Å². The molecule has 0 nitrogen and oxygen atoms in total. The molecule has 2 aromatic rings. The Labute approximate surface area is 110 Å². The lowest BCUT2D eigenvalue weighted by Crippen LogP contribution is -2.44. The Balaban J connectivity index is 2.10. The molecule has 2 aromatic carbocycles. The number of allylic oxidation sites excluding steroid dienone is 1. The van der Waals surface area contributed by atoms with Gasteiger partial charge in [0.15, 0.2) is 0 Å². The molecule has 0 fully saturated rings. The molecule has 18 heavy (non-hydrogen) atoms. The quantitative estimate of drug-likeness (QED) is 0.676. The van der Waals surface area contributed by atoms with E-state index < -0.39 is 8.07 Å². The molecule has 0 unspecified atom stereocenters. The van der Waals surface area contributed by atoms with E-state index in [1.807, 2.05) is 0 Å². The van der Waals surface area contributed by atoms with E-state index in [4.69, 9.17) is 0 Å². The van der Waals surface area contributed by atoms with Crippen LogP contribution in [0.1, 0.15) is 11.1 Å². The van der Waals surface area contributed by atoms with Gasteiger partial charge in [-0.2, -0.15) is 0 Å². The van der Waals surface area contributed by atoms with Gasteiger partial charge in [-0.3, -0.25) is 0 Å². The van der Waals surface area contributed by atoms with Gasteiger partial charge in [0.1, 0.15) is 8.07 Å². The summed E-state index contributed by atoms with van der Waals surface area (Å²) in [6, 6.07) is 19.8. The highest BCUT2D eigenvalue weighted by molar-refractivity contribution is 6.95. The number of fused-ring (bicyclic) bond motifs is 1. The molecule has 0 saturated carbocycles. The van der Waals surface area contributed by atoms with Gasteiger partial charge in [0.05, 0.1) is 0 Å². The highest BCUT2D eigenvalue weighted by Gasteiger charge is 2.28. The van der Waals surface area contributed by atoms with E-state index in [1.54, 1.807) is 5.19 Å². The van der Waals surface area contributed by atoms with Crippen molar-refractivity contribution in [3.63, 3.8) is 0 Å². The van der Waals surface area contributed by atoms with Crippen LogP contribution in [0.3, 0.4) is 0 Å². The molecule has 90 valence electrons. The van der Waals surface area contributed by atoms with E-state index in [1.165, 1.54) is 16.7 Å². The Morgan fingerprint density at radius 3 is 2.28 bits per heavy atom. The van der Waals surface area contributed by atoms with Crippen molar-refractivity contribution in [2.45, 2.75) is 19.5 Å². The lowest BCUT2D eigenvalue weighted by molar-refractivity contribution is 1.28. The van der Waals surface area contributed by atoms with Crippen molar-refractivity contribution in [1.82, 2.24) is 0 Å². The van der Waals surface area contributed by atoms with Crippen LogP contribution in [-0.4, -0.2) is 8.07 Å². The summed E-state index contributed by atoms with van der Waals surface area (Å²) >= 11 is 0. The molecular weight excluding hydrogens is 232 g/mol. The Morgan fingerprint density at radius 2 is 1.50 bits per heavy atom. The molecule has 0 saturated heterocycles. The number of benzene rings is 2. The van der Waals surface area contributed by atoms with Gasteiger partial charge >= 0.3 is 0 Å². The smallest absolute Gasteiger partial charge is 0.0861 e. The molecular formula is C17H18Si. The third-order valence-electron chi connectivity index (χ3n) is 3.77. The largest absolute Gasteiger partial charge is 0.104 e. The fraction of sp³-hybridized carbons (Fsp3) is 0.176. The first-order valence-corrected chi connectivity index (χ1v) is 9.60. The van der Waals surface area contributed by atoms with E-state index in [-0.39, 0.29) is 0 Å². The SMILES string of the molecule is C[Si]1(C)C=C(c2ccccc2)Cc2ccccc21. The lowest BCUT2D eigenvalue weighted by atomic mass is 9.99. The normalized spacial score (nSPS) is 16.9. The summed E-state index contributed by atoms with van der Waals surface area (Å²) in [6.07, 6.45) is 1.08. The second kappa shape index (κ2) is 4.25. The van der Waals surface area contributed by atoms with Crippen LogP contribution in [0.15, 0.2) is 60.3 Å². The van der Waals surface area contributed by atoms with Gasteiger partial charge in [-0.05, 0) is 23.1 Å². The van der Waals surface area contributed by atoms with Crippen LogP contribution in [0.4, 0.5) is 0 Å². The second-order valence-electron chi connectivity index (χ2n) is 5.59. The van der Waals surface area contributed by atoms with Gasteiger partial charge in [0.25, 0.3) is 0 Å². The predicted molar refractivity (Wildman–Crippen MR) is 81.7 cm³/mol. The van der Waals surface area contributed by atoms with Gasteiger partial charge in [-0.1, -0.05) is 78.6 Å². The van der Waals surface area contributed by atoms with Gasteiger partial charge < -0.3 is 0 Å². The molecule has 0 N–H and O–H groups in total. The third-order valence-corrected chi connectivity index (χ3v) is 6.72. The highest BCUT2D eigenvalue weighted by Crippen LogP contribution is 2.27. The molecule has 3 rings (SSSR count). The van der Waals surface area contributed by atoms with Gasteiger partial charge in [0.2, 0.25) is 0 Å². The number of hydrogen-bond acceptors (Lipinski definition) is 0. The summed E-state index contributed by atoms with van der Waals surface area (Å²) in [6.45, 7) is 4.88. The third kappa shape index (κ3) is 1.95. The first kappa shape index (κ1) is 11.5. The second-order valence-corrected chi connectivity index (χ2v) is 9.86. The molecule has 0 aliphatic carbocycles. The first-order chi connectivity index (χ1) is 8.67. The zero-order valence-electron chi connectivity index (χ0n) is 11.0. The van der Waals surface area contributed by atoms with Crippen molar-refractivity contribution in [3.8, 4) is 0 Å². The Kier molecular flexibility index (Phi) is 2.71. The van der Waals surface area contributed by atoms with Crippen molar-refractivity contribution in [2.75, 3.05) is 0 Å². The minimum atomic E-state index is -1.42. The van der Waals surface area contributed by atoms with Crippen LogP contribution in [-0.2, 0) is 6.42 Å². The Hall–Kier alpha value is -1.60. The maximum atomic E-state index is 2.56. The van der Waals surface area contributed by atoms with E-state index in [0.717, 1.165) is 6.42 Å². The van der Waals surface area contributed by atoms with Gasteiger partial charge in [-0.25, -0.2) is 0 Å². The van der Waals surface area contributed by atoms with Crippen molar-refractivity contribution in [1.29, 1.82) is 0 Å². The minimum absolute atomic E-state index is 1.08. The van der Waals surface area contributed by atoms with Crippen molar-refractivity contribution < 1.29 is 0 Å². The molecule has 0 aromatic heterocycles. The highest BCUT2D eigenvalue weighted by atomic mass is 28.3. The summed E-state index contributed by atoms with van der Waals surface area (Å²) in [5, 5.41) is 1.60. The number of hydrogen-bond donors (Lipinski definition) is 0. The molecule has 1 aliphatic rings. The van der Waals surface area contributed by atoms with Crippen LogP contribution in [0.25, 0.3) is 5.57 Å². The van der Waals surface area contributed by atoms with Crippen LogP contribution in [0, 0.1) is 0 Å². The average Bonchev–Trinajstić information content (AvgIpc) is 2.39. The summed E-state index contributed by atoms with van der Waals surface area (Å²) in [7, 11) is -1.42. The van der Waals surface area contributed by atoms with E-state index in [2.05, 4.69) is 73.4 Å². The first-order valence-electron chi connectivity index (χ1n) is 6.52. The van der Waals surface area contributed by atoms with Gasteiger partial charge in [0, 0.05) is 0 Å². The van der Waals surface area contributed by atoms with E-state index >= 15 is 0 Å². The molecule has 0 radical (unpaired) electrons. The summed E-state index contributed by atoms with van der Waals surface area (Å²) in [5.74, 6) is 0. The zero-order valence-corrected chi connectivity index (χ0v) is 12.0. The predicted octanol–water partition coefficient (Wildman–Crippen LogP) is 3.78. The van der Waals surface area contributed by atoms with Crippen LogP contribution < -0.4 is 5.19 Å². The molecule has 0 amide bonds. The topological polar surface area (TPSA) is 0 Å². The van der Waals surface area contributed by atoms with Crippen molar-refractivity contribution >= 4 is 18.8 Å². The fourth-order valence-electron chi connectivity index (χ4n) is 2.91. The zero-order chi connectivity index (χ0) is 12.6. The molecule has 1 heteroatoms. The van der Waals surface area contributed by atoms with Crippen LogP contribution >= 0.6 is 0 Å². The Morgan fingerprint density at radius 1 is 0.833 bits per heavy atom. The summed E-state index contributed by atoms with van der Waals surface area (Å²) < 4.78 is 0. The van der Waals surface area contributed by atoms with Crippen molar-refractivity contribution in [3.05, 3.63) is 71.4 Å².